The fraction of sp³-hybridized carbons (Fsp3) is 0.321. The molecule has 5 rings (SSSR count). The van der Waals surface area contributed by atoms with Gasteiger partial charge < -0.3 is 9.84 Å². The zero-order valence-electron chi connectivity index (χ0n) is 20.5. The van der Waals surface area contributed by atoms with E-state index in [9.17, 15) is 18.7 Å². The minimum Gasteiger partial charge on any atom is -0.381 e. The minimum absolute atomic E-state index is 0.250. The first-order chi connectivity index (χ1) is 17.7. The third kappa shape index (κ3) is 5.17. The molecule has 1 aliphatic heterocycles. The number of benzene rings is 1. The molecule has 1 aromatic carbocycles. The summed E-state index contributed by atoms with van der Waals surface area (Å²) in [6.07, 6.45) is 1.18. The average Bonchev–Trinajstić information content (AvgIpc) is 3.24. The SMILES string of the molecule is Cc1c(-c2ccc(C#CC3(O)CCOCC3)nc2[C@@H](C)Cc2cc(F)cc(F)c2)ccc2n[nH]c(=O)n12. The van der Waals surface area contributed by atoms with E-state index in [4.69, 9.17) is 9.72 Å². The molecule has 0 unspecified atom stereocenters. The van der Waals surface area contributed by atoms with Gasteiger partial charge in [-0.05, 0) is 61.2 Å². The van der Waals surface area contributed by atoms with E-state index in [1.165, 1.54) is 16.5 Å². The lowest BCUT2D eigenvalue weighted by Crippen LogP contribution is -2.34. The summed E-state index contributed by atoms with van der Waals surface area (Å²) in [5.41, 5.74) is 2.88. The van der Waals surface area contributed by atoms with Crippen molar-refractivity contribution in [3.8, 4) is 23.0 Å². The van der Waals surface area contributed by atoms with Crippen molar-refractivity contribution in [3.05, 3.63) is 87.2 Å². The van der Waals surface area contributed by atoms with Crippen LogP contribution in [0.4, 0.5) is 8.78 Å². The molecular formula is C28H26F2N4O3. The second-order valence-electron chi connectivity index (χ2n) is 9.46. The average molecular weight is 505 g/mol. The van der Waals surface area contributed by atoms with Gasteiger partial charge in [-0.15, -0.1) is 0 Å². The summed E-state index contributed by atoms with van der Waals surface area (Å²) in [7, 11) is 0. The molecule has 1 fully saturated rings. The van der Waals surface area contributed by atoms with Crippen molar-refractivity contribution in [3.63, 3.8) is 0 Å². The van der Waals surface area contributed by atoms with E-state index in [0.29, 0.717) is 60.8 Å². The first kappa shape index (κ1) is 24.8. The molecule has 4 aromatic rings. The van der Waals surface area contributed by atoms with Crippen LogP contribution in [0.25, 0.3) is 16.8 Å². The van der Waals surface area contributed by atoms with E-state index in [1.807, 2.05) is 26.0 Å². The Kier molecular flexibility index (Phi) is 6.63. The normalized spacial score (nSPS) is 15.8. The number of pyridine rings is 2. The zero-order valence-corrected chi connectivity index (χ0v) is 20.5. The van der Waals surface area contributed by atoms with Gasteiger partial charge in [-0.2, -0.15) is 5.10 Å². The topological polar surface area (TPSA) is 92.5 Å². The number of nitrogens with zero attached hydrogens (tertiary/aromatic N) is 3. The van der Waals surface area contributed by atoms with Crippen LogP contribution in [0.5, 0.6) is 0 Å². The van der Waals surface area contributed by atoms with Crippen LogP contribution in [0.2, 0.25) is 0 Å². The summed E-state index contributed by atoms with van der Waals surface area (Å²) < 4.78 is 34.5. The number of fused-ring (bicyclic) bond motifs is 1. The summed E-state index contributed by atoms with van der Waals surface area (Å²) in [6.45, 7) is 4.64. The van der Waals surface area contributed by atoms with E-state index in [2.05, 4.69) is 22.0 Å². The van der Waals surface area contributed by atoms with Crippen molar-refractivity contribution in [2.75, 3.05) is 13.2 Å². The fourth-order valence-corrected chi connectivity index (χ4v) is 4.77. The van der Waals surface area contributed by atoms with E-state index < -0.39 is 17.2 Å². The quantitative estimate of drug-likeness (QED) is 0.411. The van der Waals surface area contributed by atoms with Crippen molar-refractivity contribution in [1.82, 2.24) is 19.6 Å². The number of rotatable bonds is 4. The van der Waals surface area contributed by atoms with Crippen LogP contribution < -0.4 is 5.69 Å². The number of H-pyrrole nitrogens is 1. The Balaban J connectivity index is 1.60. The van der Waals surface area contributed by atoms with Crippen LogP contribution in [0, 0.1) is 30.4 Å². The minimum atomic E-state index is -1.13. The van der Waals surface area contributed by atoms with Crippen molar-refractivity contribution < 1.29 is 18.6 Å². The molecule has 0 saturated carbocycles. The van der Waals surface area contributed by atoms with Crippen LogP contribution in [-0.2, 0) is 11.2 Å². The second-order valence-corrected chi connectivity index (χ2v) is 9.46. The molecular weight excluding hydrogens is 478 g/mol. The number of nitrogens with one attached hydrogen (secondary N) is 1. The van der Waals surface area contributed by atoms with Crippen LogP contribution in [0.3, 0.4) is 0 Å². The number of aromatic amines is 1. The third-order valence-corrected chi connectivity index (χ3v) is 6.71. The predicted molar refractivity (Wildman–Crippen MR) is 134 cm³/mol. The smallest absolute Gasteiger partial charge is 0.347 e. The Morgan fingerprint density at radius 3 is 2.57 bits per heavy atom. The number of aromatic nitrogens is 4. The van der Waals surface area contributed by atoms with E-state index in [0.717, 1.165) is 17.2 Å². The molecule has 1 aliphatic rings. The first-order valence-electron chi connectivity index (χ1n) is 12.1. The Hall–Kier alpha value is -3.87. The summed E-state index contributed by atoms with van der Waals surface area (Å²) in [5, 5.41) is 17.2. The number of aliphatic hydroxyl groups is 1. The van der Waals surface area contributed by atoms with Crippen LogP contribution in [0.15, 0.2) is 47.3 Å². The number of hydrogen-bond donors (Lipinski definition) is 2. The Labute approximate surface area is 212 Å². The summed E-state index contributed by atoms with van der Waals surface area (Å²) in [6, 6.07) is 10.7. The largest absolute Gasteiger partial charge is 0.381 e. The molecule has 0 amide bonds. The second kappa shape index (κ2) is 9.88. The lowest BCUT2D eigenvalue weighted by molar-refractivity contribution is -0.0262. The predicted octanol–water partition coefficient (Wildman–Crippen LogP) is 3.91. The number of ether oxygens (including phenoxy) is 1. The van der Waals surface area contributed by atoms with Gasteiger partial charge in [-0.3, -0.25) is 0 Å². The molecule has 1 saturated heterocycles. The highest BCUT2D eigenvalue weighted by molar-refractivity contribution is 5.71. The number of halogens is 2. The third-order valence-electron chi connectivity index (χ3n) is 6.71. The molecule has 4 heterocycles. The van der Waals surface area contributed by atoms with Gasteiger partial charge in [0.1, 0.15) is 22.9 Å². The Bertz CT molecular complexity index is 1570. The molecule has 0 bridgehead atoms. The Morgan fingerprint density at radius 2 is 1.84 bits per heavy atom. The molecule has 9 heteroatoms. The lowest BCUT2D eigenvalue weighted by atomic mass is 9.90. The van der Waals surface area contributed by atoms with Crippen molar-refractivity contribution in [1.29, 1.82) is 0 Å². The highest BCUT2D eigenvalue weighted by Gasteiger charge is 2.27. The zero-order chi connectivity index (χ0) is 26.2. The molecule has 0 radical (unpaired) electrons. The van der Waals surface area contributed by atoms with E-state index in [1.54, 1.807) is 12.1 Å². The molecule has 190 valence electrons. The van der Waals surface area contributed by atoms with Gasteiger partial charge >= 0.3 is 5.69 Å². The van der Waals surface area contributed by atoms with Gasteiger partial charge in [-0.1, -0.05) is 12.8 Å². The highest BCUT2D eigenvalue weighted by atomic mass is 19.1. The molecule has 0 spiro atoms. The van der Waals surface area contributed by atoms with Gasteiger partial charge in [-0.25, -0.2) is 28.1 Å². The molecule has 0 aliphatic carbocycles. The monoisotopic (exact) mass is 504 g/mol. The van der Waals surface area contributed by atoms with E-state index >= 15 is 0 Å². The molecule has 2 N–H and O–H groups in total. The van der Waals surface area contributed by atoms with Crippen molar-refractivity contribution >= 4 is 5.65 Å². The lowest BCUT2D eigenvalue weighted by Gasteiger charge is -2.26. The summed E-state index contributed by atoms with van der Waals surface area (Å²) in [4.78, 5) is 17.2. The van der Waals surface area contributed by atoms with Gasteiger partial charge in [0.05, 0.1) is 18.9 Å². The van der Waals surface area contributed by atoms with Crippen molar-refractivity contribution in [2.24, 2.45) is 0 Å². The standard InChI is InChI=1S/C28H26F2N4O3/c1-17(13-19-14-20(29)16-21(30)15-19)26-24(23-5-6-25-32-33-27(35)34(25)18(23)2)4-3-22(31-26)7-8-28(36)9-11-37-12-10-28/h3-6,14-17,36H,9-13H2,1-2H3,(H,33,35)/t17-/m0/s1. The van der Waals surface area contributed by atoms with Crippen LogP contribution in [-0.4, -0.2) is 43.5 Å². The first-order valence-corrected chi connectivity index (χ1v) is 12.1. The van der Waals surface area contributed by atoms with E-state index in [-0.39, 0.29) is 11.6 Å². The number of hydrogen-bond acceptors (Lipinski definition) is 5. The highest BCUT2D eigenvalue weighted by Crippen LogP contribution is 2.32. The fourth-order valence-electron chi connectivity index (χ4n) is 4.77. The maximum Gasteiger partial charge on any atom is 0.347 e. The molecule has 7 nitrogen and oxygen atoms in total. The number of aryl methyl sites for hydroxylation is 1. The summed E-state index contributed by atoms with van der Waals surface area (Å²) in [5.74, 6) is 4.43. The van der Waals surface area contributed by atoms with Crippen LogP contribution >= 0.6 is 0 Å². The maximum atomic E-state index is 13.9. The van der Waals surface area contributed by atoms with Gasteiger partial charge in [0.25, 0.3) is 0 Å². The van der Waals surface area contributed by atoms with Gasteiger partial charge in [0.15, 0.2) is 5.65 Å². The maximum absolute atomic E-state index is 13.9. The summed E-state index contributed by atoms with van der Waals surface area (Å²) >= 11 is 0. The Morgan fingerprint density at radius 1 is 1.14 bits per heavy atom. The molecule has 3 aromatic heterocycles. The van der Waals surface area contributed by atoms with Crippen molar-refractivity contribution in [2.45, 2.75) is 44.6 Å². The molecule has 1 atom stereocenters. The van der Waals surface area contributed by atoms with Gasteiger partial charge in [0, 0.05) is 41.6 Å². The van der Waals surface area contributed by atoms with Gasteiger partial charge in [0.2, 0.25) is 0 Å². The molecule has 37 heavy (non-hydrogen) atoms. The van der Waals surface area contributed by atoms with Crippen LogP contribution in [0.1, 0.15) is 48.3 Å².